The zero-order valence-corrected chi connectivity index (χ0v) is 19.1. The lowest BCUT2D eigenvalue weighted by Crippen LogP contribution is -2.31. The van der Waals surface area contributed by atoms with Crippen LogP contribution in [0.5, 0.6) is 0 Å². The van der Waals surface area contributed by atoms with E-state index in [9.17, 15) is 0 Å². The molecule has 6 aromatic rings. The van der Waals surface area contributed by atoms with Crippen molar-refractivity contribution >= 4 is 32.3 Å². The standard InChI is InChI=1S/C32H27N/c1-3-32(2,33)25-15-9-22(10-16-25)27-18-12-24-13-19-28-26(21-7-5-4-6-8-21)17-11-23-14-20-29(27)31(24)30(23)28/h4-20H,3,33H2,1-2H3. The summed E-state index contributed by atoms with van der Waals surface area (Å²) < 4.78 is 0. The number of hydrogen-bond acceptors (Lipinski definition) is 1. The lowest BCUT2D eigenvalue weighted by molar-refractivity contribution is 0.476. The Morgan fingerprint density at radius 1 is 0.576 bits per heavy atom. The minimum absolute atomic E-state index is 0.297. The second kappa shape index (κ2) is 7.43. The van der Waals surface area contributed by atoms with Gasteiger partial charge in [0.1, 0.15) is 0 Å². The van der Waals surface area contributed by atoms with Gasteiger partial charge in [-0.1, -0.05) is 110 Å². The molecule has 6 rings (SSSR count). The molecule has 0 saturated heterocycles. The third-order valence-corrected chi connectivity index (χ3v) is 7.34. The molecular formula is C32H27N. The van der Waals surface area contributed by atoms with E-state index >= 15 is 0 Å². The lowest BCUT2D eigenvalue weighted by atomic mass is 9.86. The molecule has 0 heterocycles. The van der Waals surface area contributed by atoms with Crippen LogP contribution < -0.4 is 5.73 Å². The van der Waals surface area contributed by atoms with Gasteiger partial charge in [0.2, 0.25) is 0 Å². The molecule has 0 aliphatic heterocycles. The van der Waals surface area contributed by atoms with E-state index in [1.54, 1.807) is 0 Å². The van der Waals surface area contributed by atoms with Crippen LogP contribution in [0.15, 0.2) is 103 Å². The second-order valence-electron chi connectivity index (χ2n) is 9.36. The highest BCUT2D eigenvalue weighted by atomic mass is 14.7. The highest BCUT2D eigenvalue weighted by Gasteiger charge is 2.19. The van der Waals surface area contributed by atoms with Gasteiger partial charge >= 0.3 is 0 Å². The number of nitrogens with two attached hydrogens (primary N) is 1. The van der Waals surface area contributed by atoms with Gasteiger partial charge in [-0.3, -0.25) is 0 Å². The molecule has 0 amide bonds. The molecule has 0 fully saturated rings. The van der Waals surface area contributed by atoms with Crippen molar-refractivity contribution in [2.24, 2.45) is 5.73 Å². The van der Waals surface area contributed by atoms with Crippen molar-refractivity contribution < 1.29 is 0 Å². The average molecular weight is 426 g/mol. The minimum Gasteiger partial charge on any atom is -0.322 e. The fourth-order valence-corrected chi connectivity index (χ4v) is 5.16. The Hall–Kier alpha value is -3.68. The molecule has 2 N–H and O–H groups in total. The zero-order valence-electron chi connectivity index (χ0n) is 19.1. The third kappa shape index (κ3) is 3.12. The van der Waals surface area contributed by atoms with Crippen LogP contribution in [0.25, 0.3) is 54.6 Å². The fourth-order valence-electron chi connectivity index (χ4n) is 5.16. The summed E-state index contributed by atoms with van der Waals surface area (Å²) in [5.41, 5.74) is 12.4. The van der Waals surface area contributed by atoms with E-state index in [1.165, 1.54) is 60.1 Å². The smallest absolute Gasteiger partial charge is 0.0378 e. The molecule has 1 nitrogen and oxygen atoms in total. The van der Waals surface area contributed by atoms with Gasteiger partial charge in [0.15, 0.2) is 0 Å². The van der Waals surface area contributed by atoms with Crippen LogP contribution in [0.1, 0.15) is 25.8 Å². The summed E-state index contributed by atoms with van der Waals surface area (Å²) in [6.07, 6.45) is 0.912. The van der Waals surface area contributed by atoms with E-state index < -0.39 is 0 Å². The largest absolute Gasteiger partial charge is 0.322 e. The quantitative estimate of drug-likeness (QED) is 0.281. The van der Waals surface area contributed by atoms with E-state index in [2.05, 4.69) is 117 Å². The highest BCUT2D eigenvalue weighted by Crippen LogP contribution is 2.42. The molecule has 0 bridgehead atoms. The molecule has 0 aliphatic carbocycles. The maximum absolute atomic E-state index is 6.48. The maximum atomic E-state index is 6.48. The molecule has 0 aromatic heterocycles. The van der Waals surface area contributed by atoms with Crippen molar-refractivity contribution in [1.29, 1.82) is 0 Å². The molecule has 6 aromatic carbocycles. The van der Waals surface area contributed by atoms with Crippen LogP contribution in [0.2, 0.25) is 0 Å². The van der Waals surface area contributed by atoms with Gasteiger partial charge in [-0.2, -0.15) is 0 Å². The third-order valence-electron chi connectivity index (χ3n) is 7.34. The summed E-state index contributed by atoms with van der Waals surface area (Å²) in [7, 11) is 0. The SMILES string of the molecule is CCC(C)(N)c1ccc(-c2ccc3ccc4c(-c5ccccc5)ccc5ccc2c3c54)cc1. The molecule has 0 saturated carbocycles. The van der Waals surface area contributed by atoms with E-state index in [-0.39, 0.29) is 5.54 Å². The van der Waals surface area contributed by atoms with Crippen molar-refractivity contribution in [2.75, 3.05) is 0 Å². The molecule has 1 unspecified atom stereocenters. The van der Waals surface area contributed by atoms with Gasteiger partial charge in [-0.15, -0.1) is 0 Å². The fraction of sp³-hybridized carbons (Fsp3) is 0.125. The first-order valence-corrected chi connectivity index (χ1v) is 11.7. The number of hydrogen-bond donors (Lipinski definition) is 1. The molecule has 33 heavy (non-hydrogen) atoms. The van der Waals surface area contributed by atoms with Crippen molar-refractivity contribution in [2.45, 2.75) is 25.8 Å². The lowest BCUT2D eigenvalue weighted by Gasteiger charge is -2.23. The molecule has 0 aliphatic rings. The highest BCUT2D eigenvalue weighted by molar-refractivity contribution is 6.27. The molecular weight excluding hydrogens is 398 g/mol. The van der Waals surface area contributed by atoms with Gasteiger partial charge in [0.05, 0.1) is 0 Å². The Morgan fingerprint density at radius 2 is 1.06 bits per heavy atom. The summed E-state index contributed by atoms with van der Waals surface area (Å²) in [5, 5.41) is 7.89. The van der Waals surface area contributed by atoms with Crippen molar-refractivity contribution in [1.82, 2.24) is 0 Å². The Morgan fingerprint density at radius 3 is 1.58 bits per heavy atom. The normalized spacial score (nSPS) is 13.7. The first kappa shape index (κ1) is 20.0. The van der Waals surface area contributed by atoms with Crippen LogP contribution in [0.4, 0.5) is 0 Å². The summed E-state index contributed by atoms with van der Waals surface area (Å²) in [4.78, 5) is 0. The average Bonchev–Trinajstić information content (AvgIpc) is 2.87. The topological polar surface area (TPSA) is 26.0 Å². The first-order chi connectivity index (χ1) is 16.1. The zero-order chi connectivity index (χ0) is 22.6. The predicted octanol–water partition coefficient (Wildman–Crippen LogP) is 8.50. The molecule has 160 valence electrons. The van der Waals surface area contributed by atoms with Gasteiger partial charge in [-0.05, 0) is 73.5 Å². The molecule has 1 heteroatoms. The van der Waals surface area contributed by atoms with Crippen LogP contribution in [-0.2, 0) is 5.54 Å². The van der Waals surface area contributed by atoms with E-state index in [4.69, 9.17) is 5.73 Å². The van der Waals surface area contributed by atoms with E-state index in [0.717, 1.165) is 6.42 Å². The summed E-state index contributed by atoms with van der Waals surface area (Å²) in [6, 6.07) is 37.6. The van der Waals surface area contributed by atoms with Gasteiger partial charge in [0, 0.05) is 5.54 Å². The van der Waals surface area contributed by atoms with Crippen LogP contribution in [0, 0.1) is 0 Å². The van der Waals surface area contributed by atoms with E-state index in [1.807, 2.05) is 0 Å². The summed E-state index contributed by atoms with van der Waals surface area (Å²) in [6.45, 7) is 4.24. The van der Waals surface area contributed by atoms with Gasteiger partial charge in [-0.25, -0.2) is 0 Å². The van der Waals surface area contributed by atoms with Crippen molar-refractivity contribution in [3.05, 3.63) is 109 Å². The van der Waals surface area contributed by atoms with Crippen molar-refractivity contribution in [3.8, 4) is 22.3 Å². The van der Waals surface area contributed by atoms with Crippen LogP contribution in [-0.4, -0.2) is 0 Å². The molecule has 0 spiro atoms. The molecule has 0 radical (unpaired) electrons. The number of rotatable bonds is 4. The first-order valence-electron chi connectivity index (χ1n) is 11.7. The Bertz CT molecular complexity index is 1590. The maximum Gasteiger partial charge on any atom is 0.0378 e. The summed E-state index contributed by atoms with van der Waals surface area (Å²) >= 11 is 0. The Labute approximate surface area is 194 Å². The number of benzene rings is 6. The van der Waals surface area contributed by atoms with Gasteiger partial charge in [0.25, 0.3) is 0 Å². The van der Waals surface area contributed by atoms with Crippen molar-refractivity contribution in [3.63, 3.8) is 0 Å². The monoisotopic (exact) mass is 425 g/mol. The second-order valence-corrected chi connectivity index (χ2v) is 9.36. The Balaban J connectivity index is 1.61. The van der Waals surface area contributed by atoms with E-state index in [0.29, 0.717) is 0 Å². The van der Waals surface area contributed by atoms with Crippen LogP contribution in [0.3, 0.4) is 0 Å². The predicted molar refractivity (Wildman–Crippen MR) is 143 cm³/mol. The van der Waals surface area contributed by atoms with Crippen LogP contribution >= 0.6 is 0 Å². The summed E-state index contributed by atoms with van der Waals surface area (Å²) in [5.74, 6) is 0. The minimum atomic E-state index is -0.297. The van der Waals surface area contributed by atoms with Gasteiger partial charge < -0.3 is 5.73 Å². The molecule has 1 atom stereocenters. The Kier molecular flexibility index (Phi) is 4.50.